The fraction of sp³-hybridized carbons (Fsp3) is 0.833. The molecule has 1 rings (SSSR count). The Bertz CT molecular complexity index is 548. The molecule has 0 saturated heterocycles. The van der Waals surface area contributed by atoms with Crippen LogP contribution in [-0.4, -0.2) is 58.6 Å². The summed E-state index contributed by atoms with van der Waals surface area (Å²) in [6.45, 7) is 8.78. The molecule has 0 spiro atoms. The summed E-state index contributed by atoms with van der Waals surface area (Å²) in [5.74, 6) is 2.29. The quantitative estimate of drug-likeness (QED) is 0.213. The van der Waals surface area contributed by atoms with E-state index in [9.17, 15) is 4.79 Å². The van der Waals surface area contributed by atoms with Crippen LogP contribution in [0.5, 0.6) is 0 Å². The Morgan fingerprint density at radius 2 is 1.62 bits per heavy atom. The lowest BCUT2D eigenvalue weighted by Gasteiger charge is -2.24. The summed E-state index contributed by atoms with van der Waals surface area (Å²) < 4.78 is 1.84. The number of carbonyl (C=O) groups is 1. The van der Waals surface area contributed by atoms with E-state index in [2.05, 4.69) is 36.0 Å². The lowest BCUT2D eigenvalue weighted by molar-refractivity contribution is -0.517. The van der Waals surface area contributed by atoms with Gasteiger partial charge in [0.05, 0.1) is 12.7 Å². The average molecular weight is 407 g/mol. The first kappa shape index (κ1) is 25.5. The van der Waals surface area contributed by atoms with Gasteiger partial charge in [0, 0.05) is 18.9 Å². The Kier molecular flexibility index (Phi) is 14.3. The molecule has 29 heavy (non-hydrogen) atoms. The number of hydrogen-bond acceptors (Lipinski definition) is 3. The highest BCUT2D eigenvalue weighted by atomic mass is 16.4. The summed E-state index contributed by atoms with van der Waals surface area (Å²) in [5, 5.41) is 12.6. The van der Waals surface area contributed by atoms with E-state index in [1.54, 1.807) is 0 Å². The van der Waals surface area contributed by atoms with E-state index in [1.165, 1.54) is 77.0 Å². The second-order valence-corrected chi connectivity index (χ2v) is 8.35. The van der Waals surface area contributed by atoms with E-state index < -0.39 is 5.97 Å². The van der Waals surface area contributed by atoms with E-state index in [0.717, 1.165) is 18.8 Å². The maximum Gasteiger partial charge on any atom is 0.369 e. The highest BCUT2D eigenvalue weighted by Crippen LogP contribution is 2.11. The summed E-state index contributed by atoms with van der Waals surface area (Å²) in [4.78, 5) is 13.1. The van der Waals surface area contributed by atoms with Crippen LogP contribution in [0.25, 0.3) is 0 Å². The van der Waals surface area contributed by atoms with Crippen LogP contribution in [0.3, 0.4) is 0 Å². The molecule has 0 aromatic heterocycles. The third kappa shape index (κ3) is 12.6. The summed E-state index contributed by atoms with van der Waals surface area (Å²) >= 11 is 0. The Labute approximate surface area is 178 Å². The van der Waals surface area contributed by atoms with Crippen LogP contribution in [0.2, 0.25) is 0 Å². The number of nitrogens with one attached hydrogen (secondary N) is 1. The molecule has 1 unspecified atom stereocenters. The van der Waals surface area contributed by atoms with E-state index in [-0.39, 0.29) is 12.7 Å². The molecule has 0 aromatic rings. The van der Waals surface area contributed by atoms with Crippen LogP contribution in [0.4, 0.5) is 0 Å². The first-order valence-corrected chi connectivity index (χ1v) is 11.9. The first-order chi connectivity index (χ1) is 14.0. The molecular formula is C24H44N3O2+. The van der Waals surface area contributed by atoms with Crippen LogP contribution in [0, 0.1) is 12.0 Å². The maximum atomic E-state index is 11.0. The molecule has 1 aliphatic heterocycles. The molecule has 1 heterocycles. The molecule has 5 nitrogen and oxygen atoms in total. The maximum absolute atomic E-state index is 11.0. The molecule has 166 valence electrons. The van der Waals surface area contributed by atoms with Gasteiger partial charge in [0.15, 0.2) is 6.54 Å². The minimum Gasteiger partial charge on any atom is -0.477 e. The zero-order chi connectivity index (χ0) is 21.3. The van der Waals surface area contributed by atoms with Crippen molar-refractivity contribution in [1.29, 1.82) is 0 Å². The third-order valence-corrected chi connectivity index (χ3v) is 5.73. The average Bonchev–Trinajstić information content (AvgIpc) is 2.87. The van der Waals surface area contributed by atoms with Crippen molar-refractivity contribution in [3.8, 4) is 12.0 Å². The molecule has 0 amide bonds. The zero-order valence-electron chi connectivity index (χ0n) is 19.1. The van der Waals surface area contributed by atoms with Gasteiger partial charge >= 0.3 is 5.97 Å². The fourth-order valence-electron chi connectivity index (χ4n) is 3.72. The van der Waals surface area contributed by atoms with Crippen LogP contribution in [0.1, 0.15) is 97.8 Å². The van der Waals surface area contributed by atoms with Gasteiger partial charge in [-0.25, -0.2) is 9.37 Å². The summed E-state index contributed by atoms with van der Waals surface area (Å²) in [7, 11) is 0. The lowest BCUT2D eigenvalue weighted by Crippen LogP contribution is -2.43. The standard InChI is InChI=1S/C24H43N3O2/c1-4-5-6-7-8-9-10-11-12-13-14-15-17-25-23(3)26-18-16-22(2)27(20-19-26)21-24(28)29/h23,25H,4-15,17,19-21H2,1-3H3/p+1. The van der Waals surface area contributed by atoms with Crippen molar-refractivity contribution in [2.45, 2.75) is 104 Å². The SMILES string of the molecule is CCCCCCCCCCCCCCNC(C)N1C#CC(C)=[N+](CC(=O)O)CC1. The summed E-state index contributed by atoms with van der Waals surface area (Å²) in [6.07, 6.45) is 16.6. The predicted octanol–water partition coefficient (Wildman–Crippen LogP) is 4.46. The van der Waals surface area contributed by atoms with Crippen LogP contribution >= 0.6 is 0 Å². The van der Waals surface area contributed by atoms with Crippen molar-refractivity contribution in [3.63, 3.8) is 0 Å². The summed E-state index contributed by atoms with van der Waals surface area (Å²) in [5.41, 5.74) is 0.836. The second-order valence-electron chi connectivity index (χ2n) is 8.35. The zero-order valence-corrected chi connectivity index (χ0v) is 19.1. The van der Waals surface area contributed by atoms with Crippen molar-refractivity contribution in [1.82, 2.24) is 10.2 Å². The number of carboxylic acid groups (broad SMARTS) is 1. The molecule has 1 aliphatic rings. The minimum absolute atomic E-state index is 0.0228. The fourth-order valence-corrected chi connectivity index (χ4v) is 3.72. The molecule has 0 fully saturated rings. The van der Waals surface area contributed by atoms with Gasteiger partial charge in [-0.15, -0.1) is 0 Å². The minimum atomic E-state index is -0.808. The van der Waals surface area contributed by atoms with Crippen molar-refractivity contribution in [2.24, 2.45) is 0 Å². The van der Waals surface area contributed by atoms with Crippen molar-refractivity contribution >= 4 is 11.7 Å². The Morgan fingerprint density at radius 3 is 2.17 bits per heavy atom. The van der Waals surface area contributed by atoms with Gasteiger partial charge in [-0.3, -0.25) is 5.32 Å². The topological polar surface area (TPSA) is 55.6 Å². The van der Waals surface area contributed by atoms with Crippen LogP contribution in [-0.2, 0) is 4.79 Å². The second kappa shape index (κ2) is 16.3. The number of rotatable bonds is 17. The van der Waals surface area contributed by atoms with E-state index in [4.69, 9.17) is 5.11 Å². The highest BCUT2D eigenvalue weighted by molar-refractivity contribution is 5.94. The van der Waals surface area contributed by atoms with E-state index in [1.807, 2.05) is 11.5 Å². The molecule has 5 heteroatoms. The molecular weight excluding hydrogens is 362 g/mol. The number of unbranched alkanes of at least 4 members (excludes halogenated alkanes) is 11. The van der Waals surface area contributed by atoms with Crippen molar-refractivity contribution in [3.05, 3.63) is 0 Å². The van der Waals surface area contributed by atoms with Crippen molar-refractivity contribution < 1.29 is 14.5 Å². The summed E-state index contributed by atoms with van der Waals surface area (Å²) in [6, 6.07) is 3.18. The molecule has 0 saturated carbocycles. The Hall–Kier alpha value is -1.54. The monoisotopic (exact) mass is 406 g/mol. The van der Waals surface area contributed by atoms with E-state index in [0.29, 0.717) is 6.54 Å². The van der Waals surface area contributed by atoms with Gasteiger partial charge in [0.2, 0.25) is 12.3 Å². The molecule has 0 aromatic carbocycles. The smallest absolute Gasteiger partial charge is 0.369 e. The highest BCUT2D eigenvalue weighted by Gasteiger charge is 2.20. The largest absolute Gasteiger partial charge is 0.477 e. The molecule has 1 atom stereocenters. The number of hydrogen-bond donors (Lipinski definition) is 2. The lowest BCUT2D eigenvalue weighted by atomic mass is 10.1. The third-order valence-electron chi connectivity index (χ3n) is 5.73. The van der Waals surface area contributed by atoms with Crippen molar-refractivity contribution in [2.75, 3.05) is 26.2 Å². The van der Waals surface area contributed by atoms with Gasteiger partial charge in [-0.2, -0.15) is 0 Å². The molecule has 0 aliphatic carbocycles. The molecule has 0 radical (unpaired) electrons. The number of aliphatic carboxylic acids is 1. The van der Waals surface area contributed by atoms with Gasteiger partial charge in [-0.1, -0.05) is 77.6 Å². The Morgan fingerprint density at radius 1 is 1.07 bits per heavy atom. The van der Waals surface area contributed by atoms with Gasteiger partial charge in [-0.05, 0) is 19.9 Å². The predicted molar refractivity (Wildman–Crippen MR) is 121 cm³/mol. The van der Waals surface area contributed by atoms with Gasteiger partial charge < -0.3 is 10.0 Å². The van der Waals surface area contributed by atoms with Gasteiger partial charge in [0.1, 0.15) is 0 Å². The molecule has 2 N–H and O–H groups in total. The van der Waals surface area contributed by atoms with Crippen LogP contribution < -0.4 is 5.32 Å². The van der Waals surface area contributed by atoms with E-state index >= 15 is 0 Å². The van der Waals surface area contributed by atoms with Gasteiger partial charge in [0.25, 0.3) is 0 Å². The number of nitrogens with zero attached hydrogens (tertiary/aromatic N) is 2. The number of carboxylic acids is 1. The Balaban J connectivity index is 2.03. The molecule has 0 bridgehead atoms. The van der Waals surface area contributed by atoms with Crippen LogP contribution in [0.15, 0.2) is 0 Å². The normalized spacial score (nSPS) is 15.1. The first-order valence-electron chi connectivity index (χ1n) is 11.9.